The van der Waals surface area contributed by atoms with Crippen LogP contribution in [0.15, 0.2) is 69.6 Å². The molecule has 0 spiro atoms. The summed E-state index contributed by atoms with van der Waals surface area (Å²) < 4.78 is 25.8. The third-order valence-electron chi connectivity index (χ3n) is 6.68. The normalized spacial score (nSPS) is 13.0. The summed E-state index contributed by atoms with van der Waals surface area (Å²) in [5.41, 5.74) is 5.58. The van der Waals surface area contributed by atoms with Crippen LogP contribution in [0, 0.1) is 33.5 Å². The fraction of sp³-hybridized carbons (Fsp3) is 0.233. The second kappa shape index (κ2) is 10.2. The van der Waals surface area contributed by atoms with Crippen molar-refractivity contribution in [3.05, 3.63) is 117 Å². The number of nitrogens with one attached hydrogen (secondary N) is 1. The van der Waals surface area contributed by atoms with Crippen LogP contribution in [-0.4, -0.2) is 21.2 Å². The molecule has 7 nitrogen and oxygen atoms in total. The molecule has 194 valence electrons. The molecule has 0 saturated carbocycles. The lowest BCUT2D eigenvalue weighted by Crippen LogP contribution is -2.31. The van der Waals surface area contributed by atoms with Gasteiger partial charge < -0.3 is 19.4 Å². The van der Waals surface area contributed by atoms with Crippen molar-refractivity contribution in [3.63, 3.8) is 0 Å². The van der Waals surface area contributed by atoms with Crippen molar-refractivity contribution in [2.75, 3.05) is 0 Å². The predicted molar refractivity (Wildman–Crippen MR) is 140 cm³/mol. The summed E-state index contributed by atoms with van der Waals surface area (Å²) in [5, 5.41) is 17.7. The smallest absolute Gasteiger partial charge is 0.226 e. The first-order valence-corrected chi connectivity index (χ1v) is 12.3. The van der Waals surface area contributed by atoms with Gasteiger partial charge in [0, 0.05) is 12.1 Å². The Kier molecular flexibility index (Phi) is 6.82. The van der Waals surface area contributed by atoms with Gasteiger partial charge in [-0.25, -0.2) is 9.37 Å². The number of hydrogen-bond donors (Lipinski definition) is 2. The van der Waals surface area contributed by atoms with E-state index in [0.29, 0.717) is 22.5 Å². The molecule has 3 aromatic heterocycles. The van der Waals surface area contributed by atoms with Crippen LogP contribution in [0.1, 0.15) is 62.9 Å². The molecule has 0 aliphatic heterocycles. The van der Waals surface area contributed by atoms with Crippen molar-refractivity contribution in [1.82, 2.24) is 15.5 Å². The fourth-order valence-corrected chi connectivity index (χ4v) is 4.78. The summed E-state index contributed by atoms with van der Waals surface area (Å²) in [6, 6.07) is 18.1. The number of carbonyl (C=O) groups is 1. The monoisotopic (exact) mass is 513 g/mol. The average molecular weight is 514 g/mol. The van der Waals surface area contributed by atoms with Crippen LogP contribution in [0.5, 0.6) is 0 Å². The van der Waals surface area contributed by atoms with Crippen molar-refractivity contribution in [1.29, 1.82) is 0 Å². The van der Waals surface area contributed by atoms with Gasteiger partial charge in [0.1, 0.15) is 29.0 Å². The van der Waals surface area contributed by atoms with Crippen molar-refractivity contribution >= 4 is 17.0 Å². The molecule has 0 aliphatic carbocycles. The van der Waals surface area contributed by atoms with Gasteiger partial charge in [-0.05, 0) is 44.4 Å². The first kappa shape index (κ1) is 25.4. The molecule has 0 radical (unpaired) electrons. The lowest BCUT2D eigenvalue weighted by atomic mass is 9.93. The molecule has 2 atom stereocenters. The summed E-state index contributed by atoms with van der Waals surface area (Å²) >= 11 is 0. The molecule has 3 heterocycles. The predicted octanol–water partition coefficient (Wildman–Crippen LogP) is 5.72. The standard InChI is InChI=1S/C30H28FN3O4/c1-16-10-11-21(17(2)12-16)29(20-8-6-5-7-9-20)33-27(35)15-23-22(31)13-25-24(32-23)14-26(37-25)30(36)28-18(3)34-38-19(28)4/h5-14,29-30,36H,15H2,1-4H3,(H,33,35). The third kappa shape index (κ3) is 4.95. The number of pyridine rings is 1. The Morgan fingerprint density at radius 3 is 2.50 bits per heavy atom. The second-order valence-electron chi connectivity index (χ2n) is 9.54. The van der Waals surface area contributed by atoms with Crippen LogP contribution in [0.4, 0.5) is 4.39 Å². The highest BCUT2D eigenvalue weighted by atomic mass is 19.1. The summed E-state index contributed by atoms with van der Waals surface area (Å²) in [6.07, 6.45) is -1.40. The summed E-state index contributed by atoms with van der Waals surface area (Å²) in [5.74, 6) is -0.391. The van der Waals surface area contributed by atoms with Crippen molar-refractivity contribution in [2.45, 2.75) is 46.3 Å². The van der Waals surface area contributed by atoms with Crippen molar-refractivity contribution < 1.29 is 23.2 Å². The van der Waals surface area contributed by atoms with E-state index in [0.717, 1.165) is 22.3 Å². The van der Waals surface area contributed by atoms with Crippen LogP contribution >= 0.6 is 0 Å². The minimum atomic E-state index is -1.14. The van der Waals surface area contributed by atoms with Crippen molar-refractivity contribution in [3.8, 4) is 0 Å². The summed E-state index contributed by atoms with van der Waals surface area (Å²) in [4.78, 5) is 17.5. The minimum absolute atomic E-state index is 0.0124. The van der Waals surface area contributed by atoms with Gasteiger partial charge in [0.2, 0.25) is 5.91 Å². The Hall–Kier alpha value is -4.30. The molecule has 1 amide bonds. The molecule has 38 heavy (non-hydrogen) atoms. The highest BCUT2D eigenvalue weighted by Crippen LogP contribution is 2.32. The lowest BCUT2D eigenvalue weighted by molar-refractivity contribution is -0.121. The van der Waals surface area contributed by atoms with E-state index in [1.807, 2.05) is 56.3 Å². The number of furan rings is 1. The number of aromatic nitrogens is 2. The molecule has 2 aromatic carbocycles. The molecule has 0 bridgehead atoms. The van der Waals surface area contributed by atoms with Gasteiger partial charge in [-0.15, -0.1) is 0 Å². The van der Waals surface area contributed by atoms with Gasteiger partial charge in [-0.1, -0.05) is 59.3 Å². The van der Waals surface area contributed by atoms with Gasteiger partial charge >= 0.3 is 0 Å². The van der Waals surface area contributed by atoms with E-state index in [2.05, 4.69) is 21.5 Å². The number of rotatable bonds is 7. The number of aliphatic hydroxyl groups is 1. The number of carbonyl (C=O) groups excluding carboxylic acids is 1. The molecular formula is C30H28FN3O4. The maximum Gasteiger partial charge on any atom is 0.226 e. The first-order valence-electron chi connectivity index (χ1n) is 12.3. The molecule has 0 fully saturated rings. The van der Waals surface area contributed by atoms with E-state index < -0.39 is 18.0 Å². The molecule has 8 heteroatoms. The lowest BCUT2D eigenvalue weighted by Gasteiger charge is -2.22. The zero-order valence-electron chi connectivity index (χ0n) is 21.6. The zero-order chi connectivity index (χ0) is 27.0. The van der Waals surface area contributed by atoms with Crippen LogP contribution in [0.2, 0.25) is 0 Å². The number of amides is 1. The maximum atomic E-state index is 15.0. The van der Waals surface area contributed by atoms with E-state index in [9.17, 15) is 14.3 Å². The zero-order valence-corrected chi connectivity index (χ0v) is 21.6. The quantitative estimate of drug-likeness (QED) is 0.289. The molecular weight excluding hydrogens is 485 g/mol. The second-order valence-corrected chi connectivity index (χ2v) is 9.54. The fourth-order valence-electron chi connectivity index (χ4n) is 4.78. The number of benzene rings is 2. The number of halogens is 1. The SMILES string of the molecule is Cc1ccc(C(NC(=O)Cc2nc3cc(C(O)c4c(C)noc4C)oc3cc2F)c2ccccc2)c(C)c1. The molecule has 5 rings (SSSR count). The third-order valence-corrected chi connectivity index (χ3v) is 6.68. The molecule has 5 aromatic rings. The Bertz CT molecular complexity index is 1600. The van der Waals surface area contributed by atoms with Crippen LogP contribution in [0.3, 0.4) is 0 Å². The maximum absolute atomic E-state index is 15.0. The average Bonchev–Trinajstić information content (AvgIpc) is 3.45. The number of aliphatic hydroxyl groups excluding tert-OH is 1. The van der Waals surface area contributed by atoms with Crippen molar-refractivity contribution in [2.24, 2.45) is 0 Å². The molecule has 2 unspecified atom stereocenters. The largest absolute Gasteiger partial charge is 0.456 e. The Balaban J connectivity index is 1.41. The van der Waals surface area contributed by atoms with Gasteiger partial charge in [0.05, 0.1) is 29.4 Å². The highest BCUT2D eigenvalue weighted by Gasteiger charge is 2.25. The van der Waals surface area contributed by atoms with E-state index in [1.54, 1.807) is 13.8 Å². The van der Waals surface area contributed by atoms with E-state index in [-0.39, 0.29) is 29.4 Å². The van der Waals surface area contributed by atoms with Crippen LogP contribution in [0.25, 0.3) is 11.1 Å². The number of hydrogen-bond acceptors (Lipinski definition) is 6. The minimum Gasteiger partial charge on any atom is -0.456 e. The Morgan fingerprint density at radius 2 is 1.82 bits per heavy atom. The Labute approximate surface area is 219 Å². The molecule has 2 N–H and O–H groups in total. The van der Waals surface area contributed by atoms with Crippen LogP contribution < -0.4 is 5.32 Å². The highest BCUT2D eigenvalue weighted by molar-refractivity contribution is 5.81. The topological polar surface area (TPSA) is 101 Å². The number of fused-ring (bicyclic) bond motifs is 1. The summed E-state index contributed by atoms with van der Waals surface area (Å²) in [7, 11) is 0. The summed E-state index contributed by atoms with van der Waals surface area (Å²) in [6.45, 7) is 7.43. The van der Waals surface area contributed by atoms with Gasteiger partial charge in [-0.2, -0.15) is 0 Å². The Morgan fingerprint density at radius 1 is 1.05 bits per heavy atom. The van der Waals surface area contributed by atoms with E-state index >= 15 is 0 Å². The van der Waals surface area contributed by atoms with E-state index in [4.69, 9.17) is 8.94 Å². The van der Waals surface area contributed by atoms with Gasteiger partial charge in [-0.3, -0.25) is 4.79 Å². The molecule has 0 saturated heterocycles. The number of nitrogens with zero attached hydrogens (tertiary/aromatic N) is 2. The van der Waals surface area contributed by atoms with Gasteiger partial charge in [0.15, 0.2) is 5.58 Å². The van der Waals surface area contributed by atoms with Crippen LogP contribution in [-0.2, 0) is 11.2 Å². The van der Waals surface area contributed by atoms with Gasteiger partial charge in [0.25, 0.3) is 0 Å². The first-order chi connectivity index (χ1) is 18.2. The van der Waals surface area contributed by atoms with E-state index in [1.165, 1.54) is 12.1 Å². The number of aryl methyl sites for hydroxylation is 4. The molecule has 0 aliphatic rings.